The molecule has 0 bridgehead atoms. The molecule has 3 rings (SSSR count). The first kappa shape index (κ1) is 11.6. The molecule has 1 aliphatic carbocycles. The van der Waals surface area contributed by atoms with Crippen molar-refractivity contribution in [3.63, 3.8) is 0 Å². The van der Waals surface area contributed by atoms with Gasteiger partial charge in [0.05, 0.1) is 11.6 Å². The number of pyridine rings is 1. The van der Waals surface area contributed by atoms with E-state index in [9.17, 15) is 4.79 Å². The lowest BCUT2D eigenvalue weighted by molar-refractivity contribution is -0.109. The normalized spacial score (nSPS) is 18.4. The molecule has 1 atom stereocenters. The summed E-state index contributed by atoms with van der Waals surface area (Å²) in [5.74, 6) is -0.249. The third-order valence-electron chi connectivity index (χ3n) is 3.41. The summed E-state index contributed by atoms with van der Waals surface area (Å²) in [4.78, 5) is 15.5. The number of benzene rings is 1. The molecule has 0 spiro atoms. The molecule has 2 heteroatoms. The Morgan fingerprint density at radius 2 is 2.05 bits per heavy atom. The highest BCUT2D eigenvalue weighted by atomic mass is 16.1. The molecule has 1 aliphatic rings. The lowest BCUT2D eigenvalue weighted by Gasteiger charge is -2.18. The number of aromatic nitrogens is 1. The number of aldehydes is 1. The standard InChI is InChI=1S/C17H13NO/c1-12-14(11-19)6-4-8-15(12)17-16-7-3-2-5-13(16)9-10-18-17/h2-11,14H,1H2. The lowest BCUT2D eigenvalue weighted by atomic mass is 9.87. The van der Waals surface area contributed by atoms with E-state index in [0.717, 1.165) is 33.9 Å². The van der Waals surface area contributed by atoms with Crippen LogP contribution in [0, 0.1) is 5.92 Å². The molecule has 0 N–H and O–H groups in total. The number of carbonyl (C=O) groups excluding carboxylic acids is 1. The molecule has 92 valence electrons. The van der Waals surface area contributed by atoms with E-state index in [2.05, 4.69) is 17.6 Å². The van der Waals surface area contributed by atoms with Gasteiger partial charge in [0.25, 0.3) is 0 Å². The van der Waals surface area contributed by atoms with Crippen LogP contribution in [-0.2, 0) is 4.79 Å². The van der Waals surface area contributed by atoms with Crippen LogP contribution in [0.15, 0.2) is 66.9 Å². The van der Waals surface area contributed by atoms with Crippen molar-refractivity contribution in [1.82, 2.24) is 4.98 Å². The molecule has 0 radical (unpaired) electrons. The minimum absolute atomic E-state index is 0.249. The average molecular weight is 247 g/mol. The van der Waals surface area contributed by atoms with E-state index < -0.39 is 0 Å². The van der Waals surface area contributed by atoms with Gasteiger partial charge in [-0.2, -0.15) is 0 Å². The highest BCUT2D eigenvalue weighted by Crippen LogP contribution is 2.33. The summed E-state index contributed by atoms with van der Waals surface area (Å²) < 4.78 is 0. The van der Waals surface area contributed by atoms with Crippen LogP contribution in [0.25, 0.3) is 16.3 Å². The molecule has 2 aromatic rings. The Balaban J connectivity index is 2.20. The summed E-state index contributed by atoms with van der Waals surface area (Å²) in [6, 6.07) is 10.1. The number of hydrogen-bond donors (Lipinski definition) is 0. The second-order valence-electron chi connectivity index (χ2n) is 4.53. The molecule has 1 aromatic heterocycles. The van der Waals surface area contributed by atoms with Gasteiger partial charge in [0.1, 0.15) is 6.29 Å². The van der Waals surface area contributed by atoms with Crippen LogP contribution in [-0.4, -0.2) is 11.3 Å². The maximum Gasteiger partial charge on any atom is 0.131 e. The van der Waals surface area contributed by atoms with Gasteiger partial charge in [0.15, 0.2) is 0 Å². The summed E-state index contributed by atoms with van der Waals surface area (Å²) in [5, 5.41) is 2.22. The smallest absolute Gasteiger partial charge is 0.131 e. The van der Waals surface area contributed by atoms with Crippen LogP contribution in [0.3, 0.4) is 0 Å². The molecular formula is C17H13NO. The largest absolute Gasteiger partial charge is 0.302 e. The Bertz CT molecular complexity index is 720. The van der Waals surface area contributed by atoms with Crippen molar-refractivity contribution in [2.24, 2.45) is 5.92 Å². The van der Waals surface area contributed by atoms with Crippen LogP contribution in [0.5, 0.6) is 0 Å². The van der Waals surface area contributed by atoms with Crippen molar-refractivity contribution < 1.29 is 4.79 Å². The Morgan fingerprint density at radius 1 is 1.21 bits per heavy atom. The first-order chi connectivity index (χ1) is 9.31. The molecule has 0 fully saturated rings. The number of allylic oxidation sites excluding steroid dienone is 5. The van der Waals surface area contributed by atoms with E-state index in [4.69, 9.17) is 0 Å². The van der Waals surface area contributed by atoms with Crippen LogP contribution in [0.2, 0.25) is 0 Å². The van der Waals surface area contributed by atoms with E-state index in [1.165, 1.54) is 0 Å². The second kappa shape index (κ2) is 4.65. The molecular weight excluding hydrogens is 234 g/mol. The topological polar surface area (TPSA) is 30.0 Å². The molecule has 1 unspecified atom stereocenters. The van der Waals surface area contributed by atoms with Crippen molar-refractivity contribution in [2.75, 3.05) is 0 Å². The third-order valence-corrected chi connectivity index (χ3v) is 3.41. The number of nitrogens with zero attached hydrogens (tertiary/aromatic N) is 1. The van der Waals surface area contributed by atoms with Gasteiger partial charge in [-0.25, -0.2) is 0 Å². The van der Waals surface area contributed by atoms with E-state index in [1.54, 1.807) is 6.20 Å². The zero-order valence-corrected chi connectivity index (χ0v) is 10.4. The quantitative estimate of drug-likeness (QED) is 0.759. The minimum Gasteiger partial charge on any atom is -0.302 e. The molecule has 0 saturated carbocycles. The van der Waals surface area contributed by atoms with Gasteiger partial charge in [-0.05, 0) is 17.0 Å². The monoisotopic (exact) mass is 247 g/mol. The fourth-order valence-corrected chi connectivity index (χ4v) is 2.37. The Morgan fingerprint density at radius 3 is 2.89 bits per heavy atom. The molecule has 2 nitrogen and oxygen atoms in total. The van der Waals surface area contributed by atoms with Crippen molar-refractivity contribution in [2.45, 2.75) is 0 Å². The third kappa shape index (κ3) is 1.91. The highest BCUT2D eigenvalue weighted by molar-refractivity contribution is 5.97. The second-order valence-corrected chi connectivity index (χ2v) is 4.53. The SMILES string of the molecule is C=C1C(c2nccc3ccccc23)=CC=CC1C=O. The Kier molecular flexibility index (Phi) is 2.84. The predicted molar refractivity (Wildman–Crippen MR) is 77.6 cm³/mol. The van der Waals surface area contributed by atoms with Gasteiger partial charge in [0, 0.05) is 17.2 Å². The summed E-state index contributed by atoms with van der Waals surface area (Å²) in [7, 11) is 0. The summed E-state index contributed by atoms with van der Waals surface area (Å²) in [6.07, 6.45) is 8.42. The Labute approximate surface area is 111 Å². The fourth-order valence-electron chi connectivity index (χ4n) is 2.37. The van der Waals surface area contributed by atoms with Crippen molar-refractivity contribution in [3.8, 4) is 0 Å². The van der Waals surface area contributed by atoms with Crippen LogP contribution in [0.4, 0.5) is 0 Å². The van der Waals surface area contributed by atoms with Gasteiger partial charge in [0.2, 0.25) is 0 Å². The maximum absolute atomic E-state index is 11.1. The first-order valence-electron chi connectivity index (χ1n) is 6.18. The van der Waals surface area contributed by atoms with Gasteiger partial charge >= 0.3 is 0 Å². The van der Waals surface area contributed by atoms with E-state index in [0.29, 0.717) is 0 Å². The van der Waals surface area contributed by atoms with Gasteiger partial charge in [-0.15, -0.1) is 0 Å². The van der Waals surface area contributed by atoms with Gasteiger partial charge in [-0.3, -0.25) is 4.98 Å². The van der Waals surface area contributed by atoms with Gasteiger partial charge < -0.3 is 4.79 Å². The van der Waals surface area contributed by atoms with E-state index in [1.807, 2.05) is 42.5 Å². The lowest BCUT2D eigenvalue weighted by Crippen LogP contribution is -2.07. The summed E-state index contributed by atoms with van der Waals surface area (Å²) in [6.45, 7) is 4.04. The molecule has 19 heavy (non-hydrogen) atoms. The summed E-state index contributed by atoms with van der Waals surface area (Å²) >= 11 is 0. The first-order valence-corrected chi connectivity index (χ1v) is 6.18. The molecule has 0 amide bonds. The van der Waals surface area contributed by atoms with Crippen LogP contribution < -0.4 is 0 Å². The van der Waals surface area contributed by atoms with Crippen LogP contribution >= 0.6 is 0 Å². The number of rotatable bonds is 2. The Hall–Kier alpha value is -2.48. The zero-order chi connectivity index (χ0) is 13.2. The van der Waals surface area contributed by atoms with Crippen LogP contribution in [0.1, 0.15) is 5.69 Å². The fraction of sp³-hybridized carbons (Fsp3) is 0.0588. The number of fused-ring (bicyclic) bond motifs is 1. The predicted octanol–water partition coefficient (Wildman–Crippen LogP) is 3.56. The minimum atomic E-state index is -0.249. The van der Waals surface area contributed by atoms with E-state index in [-0.39, 0.29) is 5.92 Å². The van der Waals surface area contributed by atoms with Crippen molar-refractivity contribution in [3.05, 3.63) is 72.6 Å². The zero-order valence-electron chi connectivity index (χ0n) is 10.4. The highest BCUT2D eigenvalue weighted by Gasteiger charge is 2.19. The molecule has 1 heterocycles. The van der Waals surface area contributed by atoms with Crippen molar-refractivity contribution in [1.29, 1.82) is 0 Å². The molecule has 0 saturated heterocycles. The van der Waals surface area contributed by atoms with Crippen molar-refractivity contribution >= 4 is 22.6 Å². The number of hydrogen-bond acceptors (Lipinski definition) is 2. The molecule has 0 aliphatic heterocycles. The molecule has 1 aromatic carbocycles. The van der Waals surface area contributed by atoms with Gasteiger partial charge in [-0.1, -0.05) is 49.1 Å². The van der Waals surface area contributed by atoms with E-state index >= 15 is 0 Å². The average Bonchev–Trinajstić information content (AvgIpc) is 2.47. The summed E-state index contributed by atoms with van der Waals surface area (Å²) in [5.41, 5.74) is 2.64. The maximum atomic E-state index is 11.1. The number of carbonyl (C=O) groups is 1.